The van der Waals surface area contributed by atoms with E-state index in [-0.39, 0.29) is 18.0 Å². The second-order valence-corrected chi connectivity index (χ2v) is 4.07. The van der Waals surface area contributed by atoms with Crippen molar-refractivity contribution in [3.63, 3.8) is 0 Å². The molecule has 0 saturated carbocycles. The molecule has 0 fully saturated rings. The van der Waals surface area contributed by atoms with Gasteiger partial charge in [0.25, 0.3) is 0 Å². The number of nitrogens with zero attached hydrogens (tertiary/aromatic N) is 2. The number of fused-ring (bicyclic) bond motifs is 1. The number of hydrogen-bond acceptors (Lipinski definition) is 5. The van der Waals surface area contributed by atoms with Crippen LogP contribution in [0.1, 0.15) is 17.3 Å². The van der Waals surface area contributed by atoms with Gasteiger partial charge < -0.3 is 15.7 Å². The van der Waals surface area contributed by atoms with E-state index in [0.717, 1.165) is 0 Å². The molecule has 3 N–H and O–H groups in total. The maximum Gasteiger partial charge on any atom is 0.335 e. The fourth-order valence-corrected chi connectivity index (χ4v) is 1.75. The molecule has 7 heteroatoms. The molecule has 0 aliphatic rings. The molecular formula is C13H14N4O3. The number of hydrogen-bond donors (Lipinski definition) is 3. The van der Waals surface area contributed by atoms with E-state index in [1.807, 2.05) is 6.92 Å². The highest BCUT2D eigenvalue weighted by atomic mass is 16.4. The minimum absolute atomic E-state index is 0.0979. The Morgan fingerprint density at radius 3 is 2.80 bits per heavy atom. The normalized spacial score (nSPS) is 10.2. The summed E-state index contributed by atoms with van der Waals surface area (Å²) < 4.78 is 0. The number of rotatable bonds is 5. The minimum atomic E-state index is -1.01. The average Bonchev–Trinajstić information content (AvgIpc) is 2.44. The number of carboxylic acid groups (broad SMARTS) is 1. The SMILES string of the molecule is CCNC(=O)CNc1ncnc2cc(C(=O)O)ccc12. The first-order valence-electron chi connectivity index (χ1n) is 6.10. The first-order chi connectivity index (χ1) is 9.61. The van der Waals surface area contributed by atoms with Crippen LogP contribution in [0.15, 0.2) is 24.5 Å². The summed E-state index contributed by atoms with van der Waals surface area (Å²) in [5, 5.41) is 15.2. The summed E-state index contributed by atoms with van der Waals surface area (Å²) in [7, 11) is 0. The molecule has 0 radical (unpaired) electrons. The number of nitrogens with one attached hydrogen (secondary N) is 2. The molecule has 0 bridgehead atoms. The van der Waals surface area contributed by atoms with Crippen molar-refractivity contribution < 1.29 is 14.7 Å². The Morgan fingerprint density at radius 1 is 1.30 bits per heavy atom. The van der Waals surface area contributed by atoms with E-state index >= 15 is 0 Å². The maximum atomic E-state index is 11.4. The Balaban J connectivity index is 2.26. The van der Waals surface area contributed by atoms with Crippen LogP contribution in [0.2, 0.25) is 0 Å². The molecule has 7 nitrogen and oxygen atoms in total. The number of carboxylic acids is 1. The van der Waals surface area contributed by atoms with Crippen LogP contribution in [0.3, 0.4) is 0 Å². The molecule has 1 aromatic heterocycles. The van der Waals surface area contributed by atoms with Crippen molar-refractivity contribution >= 4 is 28.6 Å². The molecule has 0 aliphatic heterocycles. The topological polar surface area (TPSA) is 104 Å². The minimum Gasteiger partial charge on any atom is -0.478 e. The molecule has 1 amide bonds. The van der Waals surface area contributed by atoms with E-state index in [4.69, 9.17) is 5.11 Å². The Morgan fingerprint density at radius 2 is 2.10 bits per heavy atom. The van der Waals surface area contributed by atoms with E-state index < -0.39 is 5.97 Å². The molecule has 1 heterocycles. The van der Waals surface area contributed by atoms with Gasteiger partial charge in [-0.05, 0) is 25.1 Å². The number of aromatic nitrogens is 2. The second-order valence-electron chi connectivity index (χ2n) is 4.07. The van der Waals surface area contributed by atoms with E-state index in [1.165, 1.54) is 18.5 Å². The molecule has 2 aromatic rings. The zero-order valence-electron chi connectivity index (χ0n) is 10.9. The van der Waals surface area contributed by atoms with Gasteiger partial charge in [0.1, 0.15) is 12.1 Å². The summed E-state index contributed by atoms with van der Waals surface area (Å²) in [5.74, 6) is -0.651. The van der Waals surface area contributed by atoms with Gasteiger partial charge in [0, 0.05) is 11.9 Å². The van der Waals surface area contributed by atoms with Crippen LogP contribution in [-0.4, -0.2) is 40.0 Å². The van der Waals surface area contributed by atoms with Gasteiger partial charge in [-0.25, -0.2) is 14.8 Å². The van der Waals surface area contributed by atoms with Crippen LogP contribution in [0.25, 0.3) is 10.9 Å². The van der Waals surface area contributed by atoms with Crippen molar-refractivity contribution in [2.24, 2.45) is 0 Å². The number of carbonyl (C=O) groups is 2. The second kappa shape index (κ2) is 5.96. The summed E-state index contributed by atoms with van der Waals surface area (Å²) in [5.41, 5.74) is 0.671. The monoisotopic (exact) mass is 274 g/mol. The van der Waals surface area contributed by atoms with Gasteiger partial charge in [0.15, 0.2) is 0 Å². The van der Waals surface area contributed by atoms with Crippen molar-refractivity contribution in [1.82, 2.24) is 15.3 Å². The molecule has 0 unspecified atom stereocenters. The molecule has 0 spiro atoms. The number of likely N-dealkylation sites (N-methyl/N-ethyl adjacent to an activating group) is 1. The Bertz CT molecular complexity index is 657. The lowest BCUT2D eigenvalue weighted by Gasteiger charge is -2.08. The molecule has 0 aliphatic carbocycles. The lowest BCUT2D eigenvalue weighted by atomic mass is 10.1. The van der Waals surface area contributed by atoms with Crippen LogP contribution < -0.4 is 10.6 Å². The molecular weight excluding hydrogens is 260 g/mol. The van der Waals surface area contributed by atoms with Crippen LogP contribution in [-0.2, 0) is 4.79 Å². The fraction of sp³-hybridized carbons (Fsp3) is 0.231. The summed E-state index contributed by atoms with van der Waals surface area (Å²) in [6.45, 7) is 2.50. The fourth-order valence-electron chi connectivity index (χ4n) is 1.75. The van der Waals surface area contributed by atoms with Gasteiger partial charge in [0.2, 0.25) is 5.91 Å². The van der Waals surface area contributed by atoms with Crippen LogP contribution in [0, 0.1) is 0 Å². The first-order valence-corrected chi connectivity index (χ1v) is 6.10. The molecule has 20 heavy (non-hydrogen) atoms. The molecule has 0 atom stereocenters. The Kier molecular flexibility index (Phi) is 4.09. The average molecular weight is 274 g/mol. The van der Waals surface area contributed by atoms with Crippen LogP contribution >= 0.6 is 0 Å². The highest BCUT2D eigenvalue weighted by Gasteiger charge is 2.08. The first kappa shape index (κ1) is 13.7. The van der Waals surface area contributed by atoms with Crippen molar-refractivity contribution in [2.75, 3.05) is 18.4 Å². The third-order valence-electron chi connectivity index (χ3n) is 2.67. The van der Waals surface area contributed by atoms with Crippen molar-refractivity contribution in [2.45, 2.75) is 6.92 Å². The zero-order chi connectivity index (χ0) is 14.5. The summed E-state index contributed by atoms with van der Waals surface area (Å²) in [6, 6.07) is 4.57. The maximum absolute atomic E-state index is 11.4. The molecule has 104 valence electrons. The Hall–Kier alpha value is -2.70. The van der Waals surface area contributed by atoms with Gasteiger partial charge in [-0.15, -0.1) is 0 Å². The lowest BCUT2D eigenvalue weighted by Crippen LogP contribution is -2.29. The number of anilines is 1. The molecule has 1 aromatic carbocycles. The van der Waals surface area contributed by atoms with Crippen molar-refractivity contribution in [3.05, 3.63) is 30.1 Å². The standard InChI is InChI=1S/C13H14N4O3/c1-2-14-11(18)6-15-12-9-4-3-8(13(19)20)5-10(9)16-7-17-12/h3-5,7H,2,6H2,1H3,(H,14,18)(H,19,20)(H,15,16,17). The van der Waals surface area contributed by atoms with Crippen LogP contribution in [0.5, 0.6) is 0 Å². The molecule has 0 saturated heterocycles. The van der Waals surface area contributed by atoms with Gasteiger partial charge in [0.05, 0.1) is 17.6 Å². The predicted molar refractivity (Wildman–Crippen MR) is 73.7 cm³/mol. The highest BCUT2D eigenvalue weighted by molar-refractivity contribution is 5.96. The van der Waals surface area contributed by atoms with E-state index in [2.05, 4.69) is 20.6 Å². The van der Waals surface area contributed by atoms with E-state index in [0.29, 0.717) is 23.3 Å². The number of benzene rings is 1. The lowest BCUT2D eigenvalue weighted by molar-refractivity contribution is -0.119. The van der Waals surface area contributed by atoms with Gasteiger partial charge in [-0.1, -0.05) is 0 Å². The third kappa shape index (κ3) is 3.00. The highest BCUT2D eigenvalue weighted by Crippen LogP contribution is 2.20. The third-order valence-corrected chi connectivity index (χ3v) is 2.67. The summed E-state index contributed by atoms with van der Waals surface area (Å²) in [6.07, 6.45) is 1.33. The van der Waals surface area contributed by atoms with Gasteiger partial charge in [-0.3, -0.25) is 4.79 Å². The van der Waals surface area contributed by atoms with Crippen molar-refractivity contribution in [3.8, 4) is 0 Å². The quantitative estimate of drug-likeness (QED) is 0.747. The smallest absolute Gasteiger partial charge is 0.335 e. The van der Waals surface area contributed by atoms with E-state index in [9.17, 15) is 9.59 Å². The largest absolute Gasteiger partial charge is 0.478 e. The number of aromatic carboxylic acids is 1. The Labute approximate surface area is 115 Å². The number of amides is 1. The number of carbonyl (C=O) groups excluding carboxylic acids is 1. The zero-order valence-corrected chi connectivity index (χ0v) is 10.9. The van der Waals surface area contributed by atoms with Gasteiger partial charge >= 0.3 is 5.97 Å². The predicted octanol–water partition coefficient (Wildman–Crippen LogP) is 0.876. The van der Waals surface area contributed by atoms with Crippen molar-refractivity contribution in [1.29, 1.82) is 0 Å². The summed E-state index contributed by atoms with van der Waals surface area (Å²) >= 11 is 0. The van der Waals surface area contributed by atoms with E-state index in [1.54, 1.807) is 6.07 Å². The summed E-state index contributed by atoms with van der Waals surface area (Å²) in [4.78, 5) is 30.4. The van der Waals surface area contributed by atoms with Gasteiger partial charge in [-0.2, -0.15) is 0 Å². The molecule has 2 rings (SSSR count). The van der Waals surface area contributed by atoms with Crippen LogP contribution in [0.4, 0.5) is 5.82 Å².